The summed E-state index contributed by atoms with van der Waals surface area (Å²) in [4.78, 5) is 25.7. The molecule has 7 atom stereocenters. The van der Waals surface area contributed by atoms with Crippen LogP contribution in [-0.4, -0.2) is 29.1 Å². The number of amides is 2. The Morgan fingerprint density at radius 1 is 1.05 bits per heavy atom. The molecule has 0 aromatic heterocycles. The van der Waals surface area contributed by atoms with E-state index >= 15 is 0 Å². The predicted octanol–water partition coefficient (Wildman–Crippen LogP) is 4.77. The van der Waals surface area contributed by atoms with Crippen molar-refractivity contribution in [3.05, 3.63) is 71.3 Å². The maximum atomic E-state index is 13.5. The second-order valence-corrected chi connectivity index (χ2v) is 11.4. The van der Waals surface area contributed by atoms with Crippen molar-refractivity contribution in [2.24, 2.45) is 29.1 Å². The Kier molecular flexibility index (Phi) is 8.32. The standard InChI is InChI=1S/C30H38F2N2O3/c1-18(29(37)33-17-21-13-22(31)16-23(32)14-21)24-9-11-30(3)12-10-25(19(2)27(30)28(24)36)34-26(35)15-20-7-5-4-6-8-20/h4-8,13-14,16,18-19,24-25,27-28,36H,9-12,15,17H2,1-3H3,(H,33,37)(H,34,35)/t18-,19+,24-,25-,27+,28-,30-/m0/s1. The van der Waals surface area contributed by atoms with E-state index in [0.717, 1.165) is 37.3 Å². The van der Waals surface area contributed by atoms with Crippen molar-refractivity contribution in [3.8, 4) is 0 Å². The zero-order chi connectivity index (χ0) is 26.7. The summed E-state index contributed by atoms with van der Waals surface area (Å²) in [5.41, 5.74) is 1.27. The number of nitrogens with one attached hydrogen (secondary N) is 2. The fourth-order valence-corrected chi connectivity index (χ4v) is 6.79. The second kappa shape index (κ2) is 11.3. The normalized spacial score (nSPS) is 30.2. The Bertz CT molecular complexity index is 1090. The molecule has 5 nitrogen and oxygen atoms in total. The number of rotatable bonds is 7. The molecule has 0 radical (unpaired) electrons. The number of benzene rings is 2. The van der Waals surface area contributed by atoms with Gasteiger partial charge in [-0.2, -0.15) is 0 Å². The Labute approximate surface area is 218 Å². The SMILES string of the molecule is C[C@H]1[C@@H]2[C@@H](O)[C@H]([C@H](C)C(=O)NCc3cc(F)cc(F)c3)CC[C@@]2(C)CC[C@@H]1NC(=O)Cc1ccccc1. The monoisotopic (exact) mass is 512 g/mol. The van der Waals surface area contributed by atoms with Crippen LogP contribution in [0.2, 0.25) is 0 Å². The molecule has 0 saturated heterocycles. The molecule has 0 spiro atoms. The average molecular weight is 513 g/mol. The Morgan fingerprint density at radius 3 is 2.38 bits per heavy atom. The van der Waals surface area contributed by atoms with Crippen LogP contribution in [0.15, 0.2) is 48.5 Å². The van der Waals surface area contributed by atoms with E-state index in [1.165, 1.54) is 12.1 Å². The van der Waals surface area contributed by atoms with Gasteiger partial charge in [-0.1, -0.05) is 51.1 Å². The highest BCUT2D eigenvalue weighted by atomic mass is 19.1. The van der Waals surface area contributed by atoms with E-state index in [-0.39, 0.29) is 47.6 Å². The van der Waals surface area contributed by atoms with Crippen LogP contribution in [0, 0.1) is 40.7 Å². The van der Waals surface area contributed by atoms with Gasteiger partial charge >= 0.3 is 0 Å². The minimum absolute atomic E-state index is 0.0185. The van der Waals surface area contributed by atoms with E-state index in [1.54, 1.807) is 0 Å². The summed E-state index contributed by atoms with van der Waals surface area (Å²) in [6.07, 6.45) is 3.05. The van der Waals surface area contributed by atoms with Crippen LogP contribution >= 0.6 is 0 Å². The minimum Gasteiger partial charge on any atom is -0.392 e. The number of hydrogen-bond acceptors (Lipinski definition) is 3. The van der Waals surface area contributed by atoms with E-state index in [0.29, 0.717) is 12.0 Å². The average Bonchev–Trinajstić information content (AvgIpc) is 2.84. The third-order valence-corrected chi connectivity index (χ3v) is 8.89. The van der Waals surface area contributed by atoms with Gasteiger partial charge in [0.25, 0.3) is 0 Å². The third-order valence-electron chi connectivity index (χ3n) is 8.89. The molecule has 0 unspecified atom stereocenters. The van der Waals surface area contributed by atoms with Crippen LogP contribution in [0.5, 0.6) is 0 Å². The molecule has 0 bridgehead atoms. The Balaban J connectivity index is 1.39. The lowest BCUT2D eigenvalue weighted by molar-refractivity contribution is -0.143. The molecule has 7 heteroatoms. The molecule has 200 valence electrons. The van der Waals surface area contributed by atoms with Gasteiger partial charge in [0, 0.05) is 24.6 Å². The van der Waals surface area contributed by atoms with E-state index in [2.05, 4.69) is 24.5 Å². The number of carbonyl (C=O) groups is 2. The van der Waals surface area contributed by atoms with Gasteiger partial charge < -0.3 is 15.7 Å². The first-order valence-electron chi connectivity index (χ1n) is 13.3. The third kappa shape index (κ3) is 6.20. The smallest absolute Gasteiger partial charge is 0.224 e. The summed E-state index contributed by atoms with van der Waals surface area (Å²) in [5, 5.41) is 17.6. The molecule has 2 aromatic rings. The minimum atomic E-state index is -0.685. The van der Waals surface area contributed by atoms with Crippen molar-refractivity contribution in [2.45, 2.75) is 71.6 Å². The lowest BCUT2D eigenvalue weighted by Gasteiger charge is -2.56. The molecule has 2 aromatic carbocycles. The van der Waals surface area contributed by atoms with E-state index in [1.807, 2.05) is 37.3 Å². The fourth-order valence-electron chi connectivity index (χ4n) is 6.79. The number of halogens is 2. The first-order valence-corrected chi connectivity index (χ1v) is 13.3. The van der Waals surface area contributed by atoms with E-state index < -0.39 is 23.7 Å². The van der Waals surface area contributed by atoms with E-state index in [9.17, 15) is 23.5 Å². The molecule has 2 fully saturated rings. The summed E-state index contributed by atoms with van der Waals surface area (Å²) in [6, 6.07) is 12.8. The highest BCUT2D eigenvalue weighted by molar-refractivity contribution is 5.79. The molecule has 0 aliphatic heterocycles. The first kappa shape index (κ1) is 27.2. The molecule has 3 N–H and O–H groups in total. The first-order chi connectivity index (χ1) is 17.6. The van der Waals surface area contributed by atoms with Gasteiger partial charge in [-0.3, -0.25) is 9.59 Å². The highest BCUT2D eigenvalue weighted by Gasteiger charge is 2.53. The van der Waals surface area contributed by atoms with Gasteiger partial charge in [-0.25, -0.2) is 8.78 Å². The topological polar surface area (TPSA) is 78.4 Å². The quantitative estimate of drug-likeness (QED) is 0.500. The van der Waals surface area contributed by atoms with Crippen molar-refractivity contribution in [1.29, 1.82) is 0 Å². The van der Waals surface area contributed by atoms with Crippen LogP contribution in [-0.2, 0) is 22.6 Å². The second-order valence-electron chi connectivity index (χ2n) is 11.4. The molecule has 2 saturated carbocycles. The number of hydrogen-bond donors (Lipinski definition) is 3. The van der Waals surface area contributed by atoms with Crippen molar-refractivity contribution in [2.75, 3.05) is 0 Å². The van der Waals surface area contributed by atoms with Crippen LogP contribution in [0.4, 0.5) is 8.78 Å². The van der Waals surface area contributed by atoms with Gasteiger partial charge in [0.1, 0.15) is 11.6 Å². The molecular weight excluding hydrogens is 474 g/mol. The van der Waals surface area contributed by atoms with Crippen molar-refractivity contribution in [1.82, 2.24) is 10.6 Å². The molecular formula is C30H38F2N2O3. The number of aliphatic hydroxyl groups is 1. The van der Waals surface area contributed by atoms with Crippen molar-refractivity contribution >= 4 is 11.8 Å². The summed E-state index contributed by atoms with van der Waals surface area (Å²) in [5.74, 6) is -2.31. The van der Waals surface area contributed by atoms with E-state index in [4.69, 9.17) is 0 Å². The molecule has 4 rings (SSSR count). The van der Waals surface area contributed by atoms with Gasteiger partial charge in [0.15, 0.2) is 0 Å². The summed E-state index contributed by atoms with van der Waals surface area (Å²) in [7, 11) is 0. The van der Waals surface area contributed by atoms with Crippen molar-refractivity contribution in [3.63, 3.8) is 0 Å². The number of aliphatic hydroxyl groups excluding tert-OH is 1. The van der Waals surface area contributed by atoms with Crippen molar-refractivity contribution < 1.29 is 23.5 Å². The van der Waals surface area contributed by atoms with Gasteiger partial charge in [0.2, 0.25) is 11.8 Å². The van der Waals surface area contributed by atoms with Gasteiger partial charge in [-0.05, 0) is 72.1 Å². The maximum absolute atomic E-state index is 13.5. The maximum Gasteiger partial charge on any atom is 0.224 e. The highest BCUT2D eigenvalue weighted by Crippen LogP contribution is 2.55. The van der Waals surface area contributed by atoms with Crippen LogP contribution in [0.3, 0.4) is 0 Å². The number of carbonyl (C=O) groups excluding carboxylic acids is 2. The van der Waals surface area contributed by atoms with Crippen LogP contribution < -0.4 is 10.6 Å². The molecule has 2 amide bonds. The Hall–Kier alpha value is -2.80. The molecule has 0 heterocycles. The fraction of sp³-hybridized carbons (Fsp3) is 0.533. The lowest BCUT2D eigenvalue weighted by atomic mass is 9.51. The predicted molar refractivity (Wildman–Crippen MR) is 138 cm³/mol. The van der Waals surface area contributed by atoms with Crippen LogP contribution in [0.1, 0.15) is 57.6 Å². The van der Waals surface area contributed by atoms with Gasteiger partial charge in [-0.15, -0.1) is 0 Å². The summed E-state index contributed by atoms with van der Waals surface area (Å²) >= 11 is 0. The van der Waals surface area contributed by atoms with Crippen LogP contribution in [0.25, 0.3) is 0 Å². The number of fused-ring (bicyclic) bond motifs is 1. The lowest BCUT2D eigenvalue weighted by Crippen LogP contribution is -2.58. The summed E-state index contributed by atoms with van der Waals surface area (Å²) < 4.78 is 27.0. The summed E-state index contributed by atoms with van der Waals surface area (Å²) in [6.45, 7) is 6.15. The zero-order valence-corrected chi connectivity index (χ0v) is 21.8. The molecule has 37 heavy (non-hydrogen) atoms. The molecule has 2 aliphatic rings. The Morgan fingerprint density at radius 2 is 1.70 bits per heavy atom. The molecule has 2 aliphatic carbocycles. The van der Waals surface area contributed by atoms with Gasteiger partial charge in [0.05, 0.1) is 12.5 Å². The largest absolute Gasteiger partial charge is 0.392 e. The zero-order valence-electron chi connectivity index (χ0n) is 21.8.